The highest BCUT2D eigenvalue weighted by Crippen LogP contribution is 2.27. The molecule has 1 aromatic carbocycles. The fraction of sp³-hybridized carbons (Fsp3) is 0.333. The van der Waals surface area contributed by atoms with Crippen LogP contribution < -0.4 is 15.5 Å². The van der Waals surface area contributed by atoms with Gasteiger partial charge in [0.2, 0.25) is 5.91 Å². The Labute approximate surface area is 184 Å². The Hall–Kier alpha value is -1.36. The third kappa shape index (κ3) is 5.56. The van der Waals surface area contributed by atoms with E-state index in [1.54, 1.807) is 24.1 Å². The monoisotopic (exact) mass is 520 g/mol. The highest BCUT2D eigenvalue weighted by molar-refractivity contribution is 14.0. The Bertz CT molecular complexity index is 814. The number of amides is 1. The minimum Gasteiger partial charge on any atom is -0.386 e. The second kappa shape index (κ2) is 10.3. The van der Waals surface area contributed by atoms with E-state index in [0.29, 0.717) is 16.8 Å². The zero-order valence-corrected chi connectivity index (χ0v) is 18.7. The molecule has 27 heavy (non-hydrogen) atoms. The largest absolute Gasteiger partial charge is 0.386 e. The first-order chi connectivity index (χ1) is 12.6. The predicted octanol–water partition coefficient (Wildman–Crippen LogP) is 2.81. The lowest BCUT2D eigenvalue weighted by atomic mass is 10.2. The number of benzene rings is 1. The van der Waals surface area contributed by atoms with E-state index in [0.717, 1.165) is 17.0 Å². The first-order valence-electron chi connectivity index (χ1n) is 8.34. The molecule has 0 radical (unpaired) electrons. The Morgan fingerprint density at radius 1 is 1.33 bits per heavy atom. The number of para-hydroxylation sites is 1. The Morgan fingerprint density at radius 2 is 2.11 bits per heavy atom. The topological polar surface area (TPSA) is 77.0 Å². The van der Waals surface area contributed by atoms with Gasteiger partial charge in [-0.25, -0.2) is 0 Å². The molecule has 0 spiro atoms. The molecule has 6 nitrogen and oxygen atoms in total. The zero-order valence-electron chi connectivity index (χ0n) is 14.8. The number of aliphatic imine (C=N–C) groups is 1. The summed E-state index contributed by atoms with van der Waals surface area (Å²) >= 11 is 7.22. The van der Waals surface area contributed by atoms with Crippen molar-refractivity contribution in [1.82, 2.24) is 10.6 Å². The van der Waals surface area contributed by atoms with Crippen LogP contribution in [0.25, 0.3) is 0 Å². The van der Waals surface area contributed by atoms with Gasteiger partial charge in [-0.2, -0.15) is 0 Å². The summed E-state index contributed by atoms with van der Waals surface area (Å²) in [6, 6.07) is 11.5. The number of rotatable bonds is 5. The van der Waals surface area contributed by atoms with Gasteiger partial charge in [0.15, 0.2) is 5.96 Å². The minimum atomic E-state index is -0.688. The van der Waals surface area contributed by atoms with Crippen LogP contribution >= 0.6 is 46.9 Å². The molecule has 2 aromatic rings. The number of fused-ring (bicyclic) bond motifs is 1. The first kappa shape index (κ1) is 21.9. The standard InChI is InChI=1S/C18H21ClN4O2S.HI/c1-20-18(21-10-14(24)15-6-7-16(19)26-15)22-11-17(25)23-9-8-12-4-2-3-5-13(12)23;/h2-7,14,24H,8-11H2,1H3,(H2,20,21,22);1H. The highest BCUT2D eigenvalue weighted by Gasteiger charge is 2.23. The van der Waals surface area contributed by atoms with Crippen molar-refractivity contribution < 1.29 is 9.90 Å². The first-order valence-corrected chi connectivity index (χ1v) is 9.54. The van der Waals surface area contributed by atoms with E-state index in [1.165, 1.54) is 16.9 Å². The number of carbonyl (C=O) groups excluding carboxylic acids is 1. The van der Waals surface area contributed by atoms with E-state index in [2.05, 4.69) is 21.7 Å². The Kier molecular flexibility index (Phi) is 8.33. The molecule has 0 fully saturated rings. The van der Waals surface area contributed by atoms with Crippen molar-refractivity contribution in [3.63, 3.8) is 0 Å². The summed E-state index contributed by atoms with van der Waals surface area (Å²) in [7, 11) is 1.62. The molecule has 0 bridgehead atoms. The summed E-state index contributed by atoms with van der Waals surface area (Å²) in [5, 5.41) is 16.2. The number of hydrogen-bond acceptors (Lipinski definition) is 4. The summed E-state index contributed by atoms with van der Waals surface area (Å²) in [6.45, 7) is 1.11. The molecule has 2 heterocycles. The molecule has 3 N–H and O–H groups in total. The molecule has 0 aliphatic carbocycles. The molecule has 1 unspecified atom stereocenters. The second-order valence-electron chi connectivity index (χ2n) is 5.89. The lowest BCUT2D eigenvalue weighted by molar-refractivity contribution is -0.117. The lowest BCUT2D eigenvalue weighted by Gasteiger charge is -2.19. The van der Waals surface area contributed by atoms with Crippen molar-refractivity contribution in [3.8, 4) is 0 Å². The van der Waals surface area contributed by atoms with Crippen molar-refractivity contribution in [3.05, 3.63) is 51.2 Å². The van der Waals surface area contributed by atoms with Crippen LogP contribution in [0.4, 0.5) is 5.69 Å². The van der Waals surface area contributed by atoms with E-state index < -0.39 is 6.10 Å². The van der Waals surface area contributed by atoms with E-state index in [4.69, 9.17) is 11.6 Å². The zero-order chi connectivity index (χ0) is 18.5. The van der Waals surface area contributed by atoms with Crippen molar-refractivity contribution in [2.45, 2.75) is 12.5 Å². The number of carbonyl (C=O) groups is 1. The fourth-order valence-corrected chi connectivity index (χ4v) is 3.92. The fourth-order valence-electron chi connectivity index (χ4n) is 2.87. The van der Waals surface area contributed by atoms with Crippen LogP contribution in [0, 0.1) is 0 Å². The van der Waals surface area contributed by atoms with Gasteiger partial charge in [0.1, 0.15) is 6.10 Å². The average Bonchev–Trinajstić information content (AvgIpc) is 3.27. The van der Waals surface area contributed by atoms with Gasteiger partial charge in [0.05, 0.1) is 10.9 Å². The number of aliphatic hydroxyl groups excluding tert-OH is 1. The SMILES string of the molecule is CN=C(NCC(=O)N1CCc2ccccc21)NCC(O)c1ccc(Cl)s1.I. The summed E-state index contributed by atoms with van der Waals surface area (Å²) in [4.78, 5) is 19.2. The summed E-state index contributed by atoms with van der Waals surface area (Å²) in [5.41, 5.74) is 2.17. The van der Waals surface area contributed by atoms with E-state index in [9.17, 15) is 9.90 Å². The quantitative estimate of drug-likeness (QED) is 0.322. The molecule has 1 amide bonds. The molecule has 1 aromatic heterocycles. The molecular weight excluding hydrogens is 499 g/mol. The number of nitrogens with zero attached hydrogens (tertiary/aromatic N) is 2. The van der Waals surface area contributed by atoms with Gasteiger partial charge in [0, 0.05) is 30.7 Å². The van der Waals surface area contributed by atoms with Crippen LogP contribution in [0.1, 0.15) is 16.5 Å². The van der Waals surface area contributed by atoms with Crippen LogP contribution in [0.3, 0.4) is 0 Å². The van der Waals surface area contributed by atoms with Crippen LogP contribution in [0.15, 0.2) is 41.4 Å². The predicted molar refractivity (Wildman–Crippen MR) is 122 cm³/mol. The van der Waals surface area contributed by atoms with E-state index >= 15 is 0 Å². The normalized spacial score (nSPS) is 14.3. The van der Waals surface area contributed by atoms with Gasteiger partial charge in [-0.1, -0.05) is 29.8 Å². The van der Waals surface area contributed by atoms with Gasteiger partial charge >= 0.3 is 0 Å². The van der Waals surface area contributed by atoms with Gasteiger partial charge in [-0.05, 0) is 30.2 Å². The third-order valence-electron chi connectivity index (χ3n) is 4.20. The molecule has 146 valence electrons. The van der Waals surface area contributed by atoms with Crippen molar-refractivity contribution in [2.75, 3.05) is 31.6 Å². The maximum atomic E-state index is 12.5. The molecule has 1 aliphatic heterocycles. The Balaban J connectivity index is 0.00000261. The molecule has 0 saturated heterocycles. The molecule has 1 atom stereocenters. The van der Waals surface area contributed by atoms with Gasteiger partial charge < -0.3 is 20.6 Å². The maximum Gasteiger partial charge on any atom is 0.246 e. The number of halogens is 2. The second-order valence-corrected chi connectivity index (χ2v) is 7.64. The average molecular weight is 521 g/mol. The Morgan fingerprint density at radius 3 is 2.81 bits per heavy atom. The molecule has 1 aliphatic rings. The van der Waals surface area contributed by atoms with Gasteiger partial charge in [-0.15, -0.1) is 35.3 Å². The number of aliphatic hydroxyl groups is 1. The number of anilines is 1. The van der Waals surface area contributed by atoms with Crippen LogP contribution in [0.5, 0.6) is 0 Å². The number of thiophene rings is 1. The van der Waals surface area contributed by atoms with Crippen LogP contribution in [-0.4, -0.2) is 43.7 Å². The maximum absolute atomic E-state index is 12.5. The van der Waals surface area contributed by atoms with Crippen LogP contribution in [-0.2, 0) is 11.2 Å². The highest BCUT2D eigenvalue weighted by atomic mass is 127. The summed E-state index contributed by atoms with van der Waals surface area (Å²) < 4.78 is 0.637. The molecular formula is C18H22ClIN4O2S. The van der Waals surface area contributed by atoms with Crippen molar-refractivity contribution in [1.29, 1.82) is 0 Å². The lowest BCUT2D eigenvalue weighted by Crippen LogP contribution is -2.45. The van der Waals surface area contributed by atoms with Crippen molar-refractivity contribution >= 4 is 64.5 Å². The van der Waals surface area contributed by atoms with E-state index in [-0.39, 0.29) is 43.0 Å². The number of nitrogens with one attached hydrogen (secondary N) is 2. The minimum absolute atomic E-state index is 0. The third-order valence-corrected chi connectivity index (χ3v) is 5.54. The summed E-state index contributed by atoms with van der Waals surface area (Å²) in [5.74, 6) is 0.455. The summed E-state index contributed by atoms with van der Waals surface area (Å²) in [6.07, 6.45) is 0.192. The number of hydrogen-bond donors (Lipinski definition) is 3. The van der Waals surface area contributed by atoms with E-state index in [1.807, 2.05) is 18.2 Å². The molecule has 3 rings (SSSR count). The van der Waals surface area contributed by atoms with Crippen LogP contribution in [0.2, 0.25) is 4.34 Å². The molecule has 9 heteroatoms. The smallest absolute Gasteiger partial charge is 0.246 e. The van der Waals surface area contributed by atoms with Crippen molar-refractivity contribution in [2.24, 2.45) is 4.99 Å². The van der Waals surface area contributed by atoms with Gasteiger partial charge in [0.25, 0.3) is 0 Å². The number of guanidine groups is 1. The van der Waals surface area contributed by atoms with Gasteiger partial charge in [-0.3, -0.25) is 9.79 Å². The molecule has 0 saturated carbocycles.